The van der Waals surface area contributed by atoms with Gasteiger partial charge in [0.25, 0.3) is 0 Å². The summed E-state index contributed by atoms with van der Waals surface area (Å²) in [6.07, 6.45) is 0. The van der Waals surface area contributed by atoms with Gasteiger partial charge in [0.05, 0.1) is 11.6 Å². The molecule has 0 radical (unpaired) electrons. The van der Waals surface area contributed by atoms with Crippen LogP contribution in [-0.2, 0) is 23.1 Å². The zero-order valence-corrected chi connectivity index (χ0v) is 14.6. The Morgan fingerprint density at radius 2 is 1.78 bits per heavy atom. The maximum atomic E-state index is 12.3. The molecule has 0 aliphatic rings. The number of hydrogen-bond donors (Lipinski definition) is 1. The Balaban J connectivity index is 2.03. The minimum Gasteiger partial charge on any atom is -0.381 e. The van der Waals surface area contributed by atoms with Gasteiger partial charge in [-0.05, 0) is 56.2 Å². The van der Waals surface area contributed by atoms with Crippen molar-refractivity contribution in [3.05, 3.63) is 65.2 Å². The molecule has 0 saturated heterocycles. The number of nitriles is 1. The van der Waals surface area contributed by atoms with Crippen molar-refractivity contribution in [1.82, 2.24) is 0 Å². The Morgan fingerprint density at radius 1 is 1.09 bits per heavy atom. The van der Waals surface area contributed by atoms with E-state index in [4.69, 9.17) is 5.26 Å². The highest BCUT2D eigenvalue weighted by Crippen LogP contribution is 2.19. The van der Waals surface area contributed by atoms with Crippen molar-refractivity contribution in [3.63, 3.8) is 0 Å². The number of nitrogens with zero attached hydrogens (tertiary/aromatic N) is 1. The fourth-order valence-electron chi connectivity index (χ4n) is 2.09. The molecule has 0 amide bonds. The fourth-order valence-corrected chi connectivity index (χ4v) is 3.01. The summed E-state index contributed by atoms with van der Waals surface area (Å²) in [6, 6.07) is 17.7. The van der Waals surface area contributed by atoms with Gasteiger partial charge >= 0.3 is 0 Å². The Hall–Kier alpha value is -2.12. The third-order valence-corrected chi connectivity index (χ3v) is 5.42. The molecule has 2 aromatic rings. The molecule has 0 fully saturated rings. The van der Waals surface area contributed by atoms with Crippen LogP contribution >= 0.6 is 0 Å². The van der Waals surface area contributed by atoms with Crippen molar-refractivity contribution < 1.29 is 4.21 Å². The van der Waals surface area contributed by atoms with E-state index >= 15 is 0 Å². The molecular formula is C19H22N2OS. The number of hydrogen-bond acceptors (Lipinski definition) is 3. The van der Waals surface area contributed by atoms with Crippen LogP contribution in [0.2, 0.25) is 0 Å². The molecule has 1 N–H and O–H groups in total. The Labute approximate surface area is 140 Å². The lowest BCUT2D eigenvalue weighted by atomic mass is 10.1. The molecule has 2 aromatic carbocycles. The summed E-state index contributed by atoms with van der Waals surface area (Å²) in [5.41, 5.74) is 3.79. The van der Waals surface area contributed by atoms with Gasteiger partial charge < -0.3 is 5.32 Å². The van der Waals surface area contributed by atoms with Crippen LogP contribution < -0.4 is 5.32 Å². The van der Waals surface area contributed by atoms with Crippen molar-refractivity contribution in [2.75, 3.05) is 5.32 Å². The Morgan fingerprint density at radius 3 is 2.48 bits per heavy atom. The van der Waals surface area contributed by atoms with Crippen molar-refractivity contribution in [2.24, 2.45) is 0 Å². The monoisotopic (exact) mass is 326 g/mol. The van der Waals surface area contributed by atoms with Crippen LogP contribution in [0.3, 0.4) is 0 Å². The standard InChI is InChI=1S/C19H22N2OS/c1-19(2,3)23(22)14-17-8-5-9-18(11-17)21-13-16-7-4-6-15(10-16)12-20/h4-11,21H,13-14H2,1-3H3. The van der Waals surface area contributed by atoms with Gasteiger partial charge in [-0.25, -0.2) is 0 Å². The number of rotatable bonds is 5. The van der Waals surface area contributed by atoms with Gasteiger partial charge in [0.2, 0.25) is 0 Å². The van der Waals surface area contributed by atoms with E-state index in [9.17, 15) is 4.21 Å². The zero-order valence-electron chi connectivity index (χ0n) is 13.8. The first-order valence-electron chi connectivity index (χ1n) is 7.59. The molecule has 0 aliphatic heterocycles. The molecule has 120 valence electrons. The second kappa shape index (κ2) is 7.43. The highest BCUT2D eigenvalue weighted by molar-refractivity contribution is 7.85. The smallest absolute Gasteiger partial charge is 0.0991 e. The van der Waals surface area contributed by atoms with Crippen molar-refractivity contribution in [2.45, 2.75) is 37.8 Å². The van der Waals surface area contributed by atoms with E-state index < -0.39 is 10.8 Å². The average molecular weight is 326 g/mol. The normalized spacial score (nSPS) is 12.4. The predicted octanol–water partition coefficient (Wildman–Crippen LogP) is 4.22. The van der Waals surface area contributed by atoms with Gasteiger partial charge in [-0.15, -0.1) is 0 Å². The second-order valence-electron chi connectivity index (χ2n) is 6.47. The van der Waals surface area contributed by atoms with Crippen molar-refractivity contribution in [1.29, 1.82) is 5.26 Å². The highest BCUT2D eigenvalue weighted by atomic mass is 32.2. The quantitative estimate of drug-likeness (QED) is 0.895. The molecule has 0 saturated carbocycles. The minimum atomic E-state index is -0.905. The summed E-state index contributed by atoms with van der Waals surface area (Å²) in [7, 11) is -0.905. The molecule has 0 spiro atoms. The first-order chi connectivity index (χ1) is 10.9. The summed E-state index contributed by atoms with van der Waals surface area (Å²) >= 11 is 0. The fraction of sp³-hybridized carbons (Fsp3) is 0.316. The van der Waals surface area contributed by atoms with Crippen LogP contribution in [0.5, 0.6) is 0 Å². The van der Waals surface area contributed by atoms with Gasteiger partial charge in [0.15, 0.2) is 0 Å². The van der Waals surface area contributed by atoms with Crippen LogP contribution in [0.1, 0.15) is 37.5 Å². The molecule has 23 heavy (non-hydrogen) atoms. The Bertz CT molecular complexity index is 742. The van der Waals surface area contributed by atoms with Crippen LogP contribution in [-0.4, -0.2) is 8.96 Å². The van der Waals surface area contributed by atoms with Gasteiger partial charge in [0.1, 0.15) is 0 Å². The third kappa shape index (κ3) is 5.22. The van der Waals surface area contributed by atoms with Crippen molar-refractivity contribution >= 4 is 16.5 Å². The third-order valence-electron chi connectivity index (χ3n) is 3.46. The van der Waals surface area contributed by atoms with Gasteiger partial charge in [-0.3, -0.25) is 4.21 Å². The molecule has 2 rings (SSSR count). The van der Waals surface area contributed by atoms with E-state index in [0.717, 1.165) is 16.8 Å². The van der Waals surface area contributed by atoms with Crippen LogP contribution in [0.15, 0.2) is 48.5 Å². The largest absolute Gasteiger partial charge is 0.381 e. The molecule has 0 aliphatic carbocycles. The van der Waals surface area contributed by atoms with E-state index in [-0.39, 0.29) is 4.75 Å². The molecule has 1 atom stereocenters. The molecular weight excluding hydrogens is 304 g/mol. The maximum absolute atomic E-state index is 12.3. The van der Waals surface area contributed by atoms with Crippen LogP contribution in [0.25, 0.3) is 0 Å². The highest BCUT2D eigenvalue weighted by Gasteiger charge is 2.19. The lowest BCUT2D eigenvalue weighted by Crippen LogP contribution is -2.22. The number of anilines is 1. The second-order valence-corrected chi connectivity index (χ2v) is 8.67. The van der Waals surface area contributed by atoms with Crippen LogP contribution in [0.4, 0.5) is 5.69 Å². The Kier molecular flexibility index (Phi) is 5.57. The first kappa shape index (κ1) is 17.2. The lowest BCUT2D eigenvalue weighted by Gasteiger charge is -2.18. The average Bonchev–Trinajstić information content (AvgIpc) is 2.52. The summed E-state index contributed by atoms with van der Waals surface area (Å²) in [5, 5.41) is 12.3. The van der Waals surface area contributed by atoms with E-state index in [2.05, 4.69) is 11.4 Å². The predicted molar refractivity (Wildman–Crippen MR) is 96.5 cm³/mol. The van der Waals surface area contributed by atoms with E-state index in [1.807, 2.05) is 63.2 Å². The molecule has 0 aromatic heterocycles. The molecule has 0 bridgehead atoms. The van der Waals surface area contributed by atoms with Crippen molar-refractivity contribution in [3.8, 4) is 6.07 Å². The zero-order chi connectivity index (χ0) is 16.9. The summed E-state index contributed by atoms with van der Waals surface area (Å²) in [4.78, 5) is 0. The maximum Gasteiger partial charge on any atom is 0.0991 e. The number of benzene rings is 2. The SMILES string of the molecule is CC(C)(C)S(=O)Cc1cccc(NCc2cccc(C#N)c2)c1. The van der Waals surface area contributed by atoms with E-state index in [0.29, 0.717) is 17.9 Å². The molecule has 3 nitrogen and oxygen atoms in total. The molecule has 1 unspecified atom stereocenters. The lowest BCUT2D eigenvalue weighted by molar-refractivity contribution is 0.648. The summed E-state index contributed by atoms with van der Waals surface area (Å²) in [5.74, 6) is 0.558. The van der Waals surface area contributed by atoms with E-state index in [1.54, 1.807) is 6.07 Å². The van der Waals surface area contributed by atoms with Gasteiger partial charge in [-0.1, -0.05) is 24.3 Å². The minimum absolute atomic E-state index is 0.207. The molecule has 4 heteroatoms. The topological polar surface area (TPSA) is 52.9 Å². The van der Waals surface area contributed by atoms with Gasteiger partial charge in [-0.2, -0.15) is 5.26 Å². The van der Waals surface area contributed by atoms with Crippen LogP contribution in [0, 0.1) is 11.3 Å². The van der Waals surface area contributed by atoms with E-state index in [1.165, 1.54) is 0 Å². The summed E-state index contributed by atoms with van der Waals surface area (Å²) in [6.45, 7) is 6.63. The van der Waals surface area contributed by atoms with Gasteiger partial charge in [0, 0.05) is 33.5 Å². The first-order valence-corrected chi connectivity index (χ1v) is 8.91. The number of nitrogens with one attached hydrogen (secondary N) is 1. The molecule has 0 heterocycles. The summed E-state index contributed by atoms with van der Waals surface area (Å²) < 4.78 is 12.0.